The second-order valence-corrected chi connectivity index (χ2v) is 5.99. The molecule has 28 heavy (non-hydrogen) atoms. The summed E-state index contributed by atoms with van der Waals surface area (Å²) in [4.78, 5) is 16.1. The zero-order valence-corrected chi connectivity index (χ0v) is 14.7. The van der Waals surface area contributed by atoms with Crippen LogP contribution in [-0.4, -0.2) is 33.5 Å². The van der Waals surface area contributed by atoms with E-state index in [1.165, 1.54) is 6.33 Å². The Morgan fingerprint density at radius 3 is 2.32 bits per heavy atom. The summed E-state index contributed by atoms with van der Waals surface area (Å²) in [6.45, 7) is -1.10. The summed E-state index contributed by atoms with van der Waals surface area (Å²) < 4.78 is 42.4. The maximum Gasteiger partial charge on any atom is 0.411 e. The molecule has 3 rings (SSSR count). The zero-order valence-electron chi connectivity index (χ0n) is 14.7. The van der Waals surface area contributed by atoms with E-state index in [9.17, 15) is 18.0 Å². The minimum absolute atomic E-state index is 0.121. The second kappa shape index (κ2) is 8.66. The van der Waals surface area contributed by atoms with Crippen LogP contribution in [0.2, 0.25) is 0 Å². The average molecular weight is 390 g/mol. The highest BCUT2D eigenvalue weighted by atomic mass is 19.4. The van der Waals surface area contributed by atoms with Crippen molar-refractivity contribution in [3.63, 3.8) is 0 Å². The number of carbonyl (C=O) groups excluding carboxylic acids is 1. The summed E-state index contributed by atoms with van der Waals surface area (Å²) in [6.07, 6.45) is -1.35. The first kappa shape index (κ1) is 19.6. The Balaban J connectivity index is 1.49. The number of benzene rings is 2. The fourth-order valence-electron chi connectivity index (χ4n) is 2.43. The predicted molar refractivity (Wildman–Crippen MR) is 94.7 cm³/mol. The van der Waals surface area contributed by atoms with Crippen molar-refractivity contribution in [2.24, 2.45) is 0 Å². The largest absolute Gasteiger partial charge is 0.411 e. The van der Waals surface area contributed by atoms with Crippen molar-refractivity contribution >= 4 is 5.91 Å². The van der Waals surface area contributed by atoms with E-state index in [1.54, 1.807) is 59.5 Å². The Morgan fingerprint density at radius 2 is 1.71 bits per heavy atom. The lowest BCUT2D eigenvalue weighted by Gasteiger charge is -2.09. The molecule has 0 aliphatic rings. The van der Waals surface area contributed by atoms with Gasteiger partial charge in [0.15, 0.2) is 0 Å². The van der Waals surface area contributed by atoms with Gasteiger partial charge in [0.25, 0.3) is 5.91 Å². The molecule has 0 saturated carbocycles. The minimum atomic E-state index is -4.34. The maximum atomic E-state index is 12.2. The molecule has 146 valence electrons. The highest BCUT2D eigenvalue weighted by Crippen LogP contribution is 2.16. The number of aromatic nitrogens is 3. The van der Waals surface area contributed by atoms with Gasteiger partial charge in [0.1, 0.15) is 19.3 Å². The van der Waals surface area contributed by atoms with Crippen molar-refractivity contribution < 1.29 is 22.7 Å². The molecule has 1 aromatic heterocycles. The topological polar surface area (TPSA) is 69.0 Å². The van der Waals surface area contributed by atoms with Gasteiger partial charge in [0, 0.05) is 12.1 Å². The van der Waals surface area contributed by atoms with Crippen LogP contribution in [0.5, 0.6) is 0 Å². The van der Waals surface area contributed by atoms with E-state index in [-0.39, 0.29) is 12.5 Å². The van der Waals surface area contributed by atoms with Gasteiger partial charge in [-0.3, -0.25) is 4.79 Å². The van der Waals surface area contributed by atoms with Crippen molar-refractivity contribution in [2.75, 3.05) is 6.61 Å². The normalized spacial score (nSPS) is 11.4. The summed E-state index contributed by atoms with van der Waals surface area (Å²) in [5, 5.41) is 6.81. The number of rotatable bonds is 7. The van der Waals surface area contributed by atoms with Crippen LogP contribution in [0, 0.1) is 0 Å². The Labute approximate surface area is 159 Å². The van der Waals surface area contributed by atoms with Gasteiger partial charge >= 0.3 is 6.18 Å². The number of amides is 1. The van der Waals surface area contributed by atoms with Crippen LogP contribution in [0.15, 0.2) is 61.2 Å². The van der Waals surface area contributed by atoms with E-state index in [1.807, 2.05) is 0 Å². The number of alkyl halides is 3. The molecule has 3 aromatic rings. The first-order valence-corrected chi connectivity index (χ1v) is 8.36. The van der Waals surface area contributed by atoms with Gasteiger partial charge in [0.2, 0.25) is 0 Å². The van der Waals surface area contributed by atoms with Crippen molar-refractivity contribution in [1.82, 2.24) is 20.1 Å². The lowest BCUT2D eigenvalue weighted by atomic mass is 10.1. The van der Waals surface area contributed by atoms with Gasteiger partial charge < -0.3 is 10.1 Å². The van der Waals surface area contributed by atoms with Gasteiger partial charge in [0.05, 0.1) is 12.3 Å². The summed E-state index contributed by atoms with van der Waals surface area (Å²) in [5.74, 6) is -0.234. The maximum absolute atomic E-state index is 12.2. The highest BCUT2D eigenvalue weighted by molar-refractivity contribution is 5.94. The number of carbonyl (C=O) groups is 1. The third-order valence-corrected chi connectivity index (χ3v) is 3.82. The number of ether oxygens (including phenoxy) is 1. The molecule has 0 fully saturated rings. The molecule has 0 bridgehead atoms. The monoisotopic (exact) mass is 390 g/mol. The number of hydrogen-bond donors (Lipinski definition) is 1. The van der Waals surface area contributed by atoms with Crippen LogP contribution in [0.4, 0.5) is 13.2 Å². The van der Waals surface area contributed by atoms with Crippen LogP contribution in [0.3, 0.4) is 0 Å². The summed E-state index contributed by atoms with van der Waals surface area (Å²) in [5.41, 5.74) is 2.74. The molecule has 0 aliphatic carbocycles. The molecule has 1 N–H and O–H groups in total. The molecule has 0 atom stereocenters. The van der Waals surface area contributed by atoms with Crippen LogP contribution in [-0.2, 0) is 17.9 Å². The Bertz CT molecular complexity index is 892. The van der Waals surface area contributed by atoms with Crippen molar-refractivity contribution in [2.45, 2.75) is 19.3 Å². The number of nitrogens with zero attached hydrogens (tertiary/aromatic N) is 3. The number of nitrogens with one attached hydrogen (secondary N) is 1. The standard InChI is InChI=1S/C19H17F3N4O2/c20-19(21,22)11-28-10-15-3-1-14(2-4-15)9-24-18(27)16-5-7-17(8-6-16)26-13-23-12-25-26/h1-8,12-13H,9-11H2,(H,24,27). The van der Waals surface area contributed by atoms with Crippen molar-refractivity contribution in [3.05, 3.63) is 77.9 Å². The third kappa shape index (κ3) is 5.65. The summed E-state index contributed by atoms with van der Waals surface area (Å²) >= 11 is 0. The van der Waals surface area contributed by atoms with E-state index in [0.29, 0.717) is 17.7 Å². The van der Waals surface area contributed by atoms with Crippen LogP contribution < -0.4 is 5.32 Å². The Morgan fingerprint density at radius 1 is 1.04 bits per heavy atom. The van der Waals surface area contributed by atoms with E-state index in [2.05, 4.69) is 20.1 Å². The molecular formula is C19H17F3N4O2. The molecule has 0 saturated heterocycles. The van der Waals surface area contributed by atoms with Crippen molar-refractivity contribution in [1.29, 1.82) is 0 Å². The Kier molecular flexibility index (Phi) is 6.05. The molecule has 2 aromatic carbocycles. The lowest BCUT2D eigenvalue weighted by molar-refractivity contribution is -0.176. The van der Waals surface area contributed by atoms with E-state index in [0.717, 1.165) is 11.3 Å². The molecule has 0 spiro atoms. The van der Waals surface area contributed by atoms with Gasteiger partial charge in [-0.05, 0) is 35.4 Å². The average Bonchev–Trinajstić information content (AvgIpc) is 3.21. The van der Waals surface area contributed by atoms with E-state index >= 15 is 0 Å². The number of hydrogen-bond acceptors (Lipinski definition) is 4. The molecule has 1 amide bonds. The smallest absolute Gasteiger partial charge is 0.367 e. The van der Waals surface area contributed by atoms with Gasteiger partial charge in [-0.15, -0.1) is 0 Å². The molecule has 1 heterocycles. The molecule has 6 nitrogen and oxygen atoms in total. The van der Waals surface area contributed by atoms with Crippen LogP contribution >= 0.6 is 0 Å². The fourth-order valence-corrected chi connectivity index (χ4v) is 2.43. The lowest BCUT2D eigenvalue weighted by Crippen LogP contribution is -2.22. The van der Waals surface area contributed by atoms with E-state index in [4.69, 9.17) is 0 Å². The SMILES string of the molecule is O=C(NCc1ccc(COCC(F)(F)F)cc1)c1ccc(-n2cncn2)cc1. The van der Waals surface area contributed by atoms with E-state index < -0.39 is 12.8 Å². The molecular weight excluding hydrogens is 373 g/mol. The second-order valence-electron chi connectivity index (χ2n) is 5.99. The molecule has 9 heteroatoms. The Hall–Kier alpha value is -3.20. The quantitative estimate of drug-likeness (QED) is 0.672. The summed E-state index contributed by atoms with van der Waals surface area (Å²) in [7, 11) is 0. The zero-order chi connectivity index (χ0) is 20.0. The first-order chi connectivity index (χ1) is 13.4. The van der Waals surface area contributed by atoms with Gasteiger partial charge in [-0.25, -0.2) is 9.67 Å². The van der Waals surface area contributed by atoms with Crippen LogP contribution in [0.25, 0.3) is 5.69 Å². The van der Waals surface area contributed by atoms with Gasteiger partial charge in [-0.1, -0.05) is 24.3 Å². The molecule has 0 aliphatic heterocycles. The minimum Gasteiger partial charge on any atom is -0.367 e. The number of halogens is 3. The molecule has 0 unspecified atom stereocenters. The van der Waals surface area contributed by atoms with Crippen molar-refractivity contribution in [3.8, 4) is 5.69 Å². The summed E-state index contributed by atoms with van der Waals surface area (Å²) in [6, 6.07) is 13.7. The third-order valence-electron chi connectivity index (χ3n) is 3.82. The highest BCUT2D eigenvalue weighted by Gasteiger charge is 2.27. The first-order valence-electron chi connectivity index (χ1n) is 8.36. The predicted octanol–water partition coefficient (Wildman–Crippen LogP) is 3.28. The van der Waals surface area contributed by atoms with Gasteiger partial charge in [-0.2, -0.15) is 18.3 Å². The molecule has 0 radical (unpaired) electrons. The fraction of sp³-hybridized carbons (Fsp3) is 0.211. The van der Waals surface area contributed by atoms with Crippen LogP contribution in [0.1, 0.15) is 21.5 Å².